The molecular formula is C16H17ClN4O3. The minimum Gasteiger partial charge on any atom is -0.396 e. The van der Waals surface area contributed by atoms with E-state index >= 15 is 0 Å². The number of primary amides is 1. The molecule has 2 rings (SSSR count). The molecule has 1 heterocycles. The Morgan fingerprint density at radius 2 is 1.83 bits per heavy atom. The number of aliphatic hydroxyl groups excluding tert-OH is 1. The zero-order valence-corrected chi connectivity index (χ0v) is 13.6. The Hall–Kier alpha value is -2.51. The highest BCUT2D eigenvalue weighted by Crippen LogP contribution is 2.18. The number of rotatable bonds is 7. The van der Waals surface area contributed by atoms with Gasteiger partial charge in [-0.2, -0.15) is 0 Å². The first-order valence-electron chi connectivity index (χ1n) is 7.28. The first kappa shape index (κ1) is 17.8. The third kappa shape index (κ3) is 4.50. The second-order valence-corrected chi connectivity index (χ2v) is 5.45. The van der Waals surface area contributed by atoms with E-state index < -0.39 is 5.91 Å². The highest BCUT2D eigenvalue weighted by molar-refractivity contribution is 6.31. The molecule has 2 amide bonds. The molecule has 0 radical (unpaired) electrons. The molecule has 3 N–H and O–H groups in total. The number of hydrogen-bond donors (Lipinski definition) is 2. The summed E-state index contributed by atoms with van der Waals surface area (Å²) in [4.78, 5) is 32.9. The van der Waals surface area contributed by atoms with Gasteiger partial charge in [0, 0.05) is 24.7 Å². The van der Waals surface area contributed by atoms with E-state index in [1.54, 1.807) is 12.1 Å². The number of carbonyl (C=O) groups is 2. The maximum Gasteiger partial charge on any atom is 0.274 e. The van der Waals surface area contributed by atoms with Gasteiger partial charge < -0.3 is 15.7 Å². The van der Waals surface area contributed by atoms with Crippen LogP contribution in [0.3, 0.4) is 0 Å². The van der Waals surface area contributed by atoms with Crippen LogP contribution in [-0.2, 0) is 6.54 Å². The number of halogens is 1. The van der Waals surface area contributed by atoms with Crippen molar-refractivity contribution >= 4 is 23.4 Å². The maximum atomic E-state index is 12.6. The van der Waals surface area contributed by atoms with Gasteiger partial charge in [0.05, 0.1) is 12.4 Å². The molecule has 0 fully saturated rings. The summed E-state index contributed by atoms with van der Waals surface area (Å²) in [5.74, 6) is -1.08. The molecule has 126 valence electrons. The molecule has 0 saturated carbocycles. The topological polar surface area (TPSA) is 109 Å². The average Bonchev–Trinajstić information content (AvgIpc) is 2.59. The number of nitrogens with zero attached hydrogens (tertiary/aromatic N) is 3. The minimum absolute atomic E-state index is 0.0143. The van der Waals surface area contributed by atoms with E-state index in [0.29, 0.717) is 18.0 Å². The van der Waals surface area contributed by atoms with Crippen LogP contribution in [0.2, 0.25) is 5.02 Å². The van der Waals surface area contributed by atoms with E-state index in [0.717, 1.165) is 11.8 Å². The van der Waals surface area contributed by atoms with Crippen LogP contribution in [-0.4, -0.2) is 44.9 Å². The normalized spacial score (nSPS) is 10.4. The van der Waals surface area contributed by atoms with Crippen molar-refractivity contribution in [2.24, 2.45) is 5.73 Å². The minimum atomic E-state index is -0.713. The molecule has 8 heteroatoms. The smallest absolute Gasteiger partial charge is 0.274 e. The van der Waals surface area contributed by atoms with Gasteiger partial charge in [0.15, 0.2) is 0 Å². The first-order valence-corrected chi connectivity index (χ1v) is 7.66. The Morgan fingerprint density at radius 3 is 2.42 bits per heavy atom. The monoisotopic (exact) mass is 348 g/mol. The summed E-state index contributed by atoms with van der Waals surface area (Å²) in [6.07, 6.45) is 2.79. The van der Waals surface area contributed by atoms with Crippen molar-refractivity contribution in [2.45, 2.75) is 13.0 Å². The summed E-state index contributed by atoms with van der Waals surface area (Å²) in [5, 5.41) is 9.59. The SMILES string of the molecule is NC(=O)c1cnc(C(=O)N(CCCO)Cc2ccccc2Cl)cn1. The van der Waals surface area contributed by atoms with Gasteiger partial charge in [-0.15, -0.1) is 0 Å². The Labute approximate surface area is 144 Å². The van der Waals surface area contributed by atoms with Crippen LogP contribution in [0.4, 0.5) is 0 Å². The quantitative estimate of drug-likeness (QED) is 0.782. The molecule has 0 bridgehead atoms. The number of amides is 2. The van der Waals surface area contributed by atoms with Crippen molar-refractivity contribution in [3.8, 4) is 0 Å². The Balaban J connectivity index is 2.21. The number of aliphatic hydroxyl groups is 1. The zero-order valence-electron chi connectivity index (χ0n) is 12.9. The summed E-state index contributed by atoms with van der Waals surface area (Å²) in [5.41, 5.74) is 5.96. The lowest BCUT2D eigenvalue weighted by atomic mass is 10.2. The van der Waals surface area contributed by atoms with Crippen molar-refractivity contribution < 1.29 is 14.7 Å². The number of hydrogen-bond acceptors (Lipinski definition) is 5. The molecule has 0 atom stereocenters. The number of carbonyl (C=O) groups excluding carboxylic acids is 2. The van der Waals surface area contributed by atoms with Gasteiger partial charge in [-0.3, -0.25) is 9.59 Å². The fraction of sp³-hybridized carbons (Fsp3) is 0.250. The van der Waals surface area contributed by atoms with Gasteiger partial charge in [0.2, 0.25) is 0 Å². The average molecular weight is 349 g/mol. The standard InChI is InChI=1S/C16H17ClN4O3/c17-12-5-2-1-4-11(12)10-21(6-3-7-22)16(24)14-9-19-13(8-20-14)15(18)23/h1-2,4-5,8-9,22H,3,6-7,10H2,(H2,18,23). The molecule has 7 nitrogen and oxygen atoms in total. The molecule has 0 aliphatic heterocycles. The molecule has 2 aromatic rings. The van der Waals surface area contributed by atoms with E-state index in [4.69, 9.17) is 22.4 Å². The second kappa shape index (κ2) is 8.37. The molecule has 0 aliphatic rings. The van der Waals surface area contributed by atoms with Crippen LogP contribution in [0.5, 0.6) is 0 Å². The maximum absolute atomic E-state index is 12.6. The summed E-state index contributed by atoms with van der Waals surface area (Å²) in [6, 6.07) is 7.20. The third-order valence-electron chi connectivity index (χ3n) is 3.32. The van der Waals surface area contributed by atoms with E-state index in [2.05, 4.69) is 9.97 Å². The van der Waals surface area contributed by atoms with Gasteiger partial charge in [0.25, 0.3) is 11.8 Å². The van der Waals surface area contributed by atoms with Crippen molar-refractivity contribution in [1.82, 2.24) is 14.9 Å². The molecular weight excluding hydrogens is 332 g/mol. The van der Waals surface area contributed by atoms with Crippen molar-refractivity contribution in [1.29, 1.82) is 0 Å². The van der Waals surface area contributed by atoms with E-state index in [1.165, 1.54) is 11.1 Å². The molecule has 0 unspecified atom stereocenters. The molecule has 1 aromatic heterocycles. The summed E-state index contributed by atoms with van der Waals surface area (Å²) < 4.78 is 0. The predicted octanol–water partition coefficient (Wildman–Crippen LogP) is 1.25. The third-order valence-corrected chi connectivity index (χ3v) is 3.68. The van der Waals surface area contributed by atoms with Gasteiger partial charge in [-0.1, -0.05) is 29.8 Å². The molecule has 0 saturated heterocycles. The van der Waals surface area contributed by atoms with Gasteiger partial charge in [-0.05, 0) is 18.1 Å². The Bertz CT molecular complexity index is 722. The number of benzene rings is 1. The zero-order chi connectivity index (χ0) is 17.5. The van der Waals surface area contributed by atoms with E-state index in [9.17, 15) is 9.59 Å². The Morgan fingerprint density at radius 1 is 1.17 bits per heavy atom. The lowest BCUT2D eigenvalue weighted by Gasteiger charge is -2.22. The highest BCUT2D eigenvalue weighted by Gasteiger charge is 2.19. The van der Waals surface area contributed by atoms with Crippen LogP contribution in [0.15, 0.2) is 36.7 Å². The van der Waals surface area contributed by atoms with Gasteiger partial charge in [0.1, 0.15) is 11.4 Å². The van der Waals surface area contributed by atoms with Crippen LogP contribution in [0.25, 0.3) is 0 Å². The summed E-state index contributed by atoms with van der Waals surface area (Å²) in [6.45, 7) is 0.566. The van der Waals surface area contributed by atoms with Crippen molar-refractivity contribution in [3.63, 3.8) is 0 Å². The molecule has 24 heavy (non-hydrogen) atoms. The van der Waals surface area contributed by atoms with Crippen LogP contribution < -0.4 is 5.73 Å². The van der Waals surface area contributed by atoms with Gasteiger partial charge >= 0.3 is 0 Å². The summed E-state index contributed by atoms with van der Waals surface area (Å²) >= 11 is 6.14. The van der Waals surface area contributed by atoms with E-state index in [-0.39, 0.29) is 30.4 Å². The predicted molar refractivity (Wildman–Crippen MR) is 88.4 cm³/mol. The fourth-order valence-electron chi connectivity index (χ4n) is 2.07. The van der Waals surface area contributed by atoms with Crippen LogP contribution >= 0.6 is 11.6 Å². The number of aromatic nitrogens is 2. The highest BCUT2D eigenvalue weighted by atomic mass is 35.5. The Kier molecular flexibility index (Phi) is 6.22. The van der Waals surface area contributed by atoms with Gasteiger partial charge in [-0.25, -0.2) is 9.97 Å². The second-order valence-electron chi connectivity index (χ2n) is 5.05. The van der Waals surface area contributed by atoms with Crippen LogP contribution in [0.1, 0.15) is 33.0 Å². The summed E-state index contributed by atoms with van der Waals surface area (Å²) in [7, 11) is 0. The first-order chi connectivity index (χ1) is 11.5. The largest absolute Gasteiger partial charge is 0.396 e. The van der Waals surface area contributed by atoms with E-state index in [1.807, 2.05) is 12.1 Å². The molecule has 0 aliphatic carbocycles. The lowest BCUT2D eigenvalue weighted by Crippen LogP contribution is -2.33. The van der Waals surface area contributed by atoms with Crippen molar-refractivity contribution in [3.05, 3.63) is 58.6 Å². The van der Waals surface area contributed by atoms with Crippen LogP contribution in [0, 0.1) is 0 Å². The van der Waals surface area contributed by atoms with Crippen molar-refractivity contribution in [2.75, 3.05) is 13.2 Å². The molecule has 0 spiro atoms. The lowest BCUT2D eigenvalue weighted by molar-refractivity contribution is 0.0725. The number of nitrogens with two attached hydrogens (primary N) is 1. The molecule has 1 aromatic carbocycles. The fourth-order valence-corrected chi connectivity index (χ4v) is 2.27.